The van der Waals surface area contributed by atoms with Gasteiger partial charge in [0, 0.05) is 12.6 Å². The molecule has 0 aromatic heterocycles. The van der Waals surface area contributed by atoms with Crippen molar-refractivity contribution in [2.75, 3.05) is 13.1 Å². The third-order valence-corrected chi connectivity index (χ3v) is 5.17. The zero-order chi connectivity index (χ0) is 13.6. The maximum absolute atomic E-state index is 11.9. The van der Waals surface area contributed by atoms with Gasteiger partial charge in [0.15, 0.2) is 0 Å². The highest BCUT2D eigenvalue weighted by atomic mass is 16.1. The molecule has 2 aliphatic carbocycles. The summed E-state index contributed by atoms with van der Waals surface area (Å²) in [5.74, 6) is 0.191. The van der Waals surface area contributed by atoms with Crippen molar-refractivity contribution in [2.45, 2.75) is 77.2 Å². The molecule has 0 atom stereocenters. The molecule has 0 saturated heterocycles. The standard InChI is InChI=1S/C16H30N2O/c1-2-16(10-6-7-11-16)13-17-12-15(19)18-14-8-4-3-5-9-14/h14,17H,2-13H2,1H3,(H,18,19). The first kappa shape index (κ1) is 14.8. The van der Waals surface area contributed by atoms with Crippen LogP contribution in [0.3, 0.4) is 0 Å². The van der Waals surface area contributed by atoms with Crippen molar-refractivity contribution < 1.29 is 4.79 Å². The van der Waals surface area contributed by atoms with Crippen molar-refractivity contribution in [1.82, 2.24) is 10.6 Å². The monoisotopic (exact) mass is 266 g/mol. The Morgan fingerprint density at radius 1 is 1.11 bits per heavy atom. The molecule has 2 aliphatic rings. The molecule has 110 valence electrons. The first-order chi connectivity index (χ1) is 9.24. The van der Waals surface area contributed by atoms with Gasteiger partial charge in [-0.3, -0.25) is 4.79 Å². The number of rotatable bonds is 6. The molecule has 3 nitrogen and oxygen atoms in total. The molecule has 2 saturated carbocycles. The van der Waals surface area contributed by atoms with Crippen molar-refractivity contribution in [2.24, 2.45) is 5.41 Å². The lowest BCUT2D eigenvalue weighted by Gasteiger charge is -2.28. The zero-order valence-corrected chi connectivity index (χ0v) is 12.5. The quantitative estimate of drug-likeness (QED) is 0.776. The molecule has 1 amide bonds. The molecule has 0 aromatic rings. The van der Waals surface area contributed by atoms with E-state index < -0.39 is 0 Å². The van der Waals surface area contributed by atoms with E-state index in [0.717, 1.165) is 6.54 Å². The number of hydrogen-bond acceptors (Lipinski definition) is 2. The molecule has 19 heavy (non-hydrogen) atoms. The van der Waals surface area contributed by atoms with Crippen LogP contribution in [0.4, 0.5) is 0 Å². The number of hydrogen-bond donors (Lipinski definition) is 2. The van der Waals surface area contributed by atoms with Crippen LogP contribution < -0.4 is 10.6 Å². The highest BCUT2D eigenvalue weighted by molar-refractivity contribution is 5.78. The van der Waals surface area contributed by atoms with E-state index in [0.29, 0.717) is 18.0 Å². The number of amides is 1. The maximum atomic E-state index is 11.9. The van der Waals surface area contributed by atoms with Crippen LogP contribution in [0, 0.1) is 5.41 Å². The zero-order valence-electron chi connectivity index (χ0n) is 12.5. The van der Waals surface area contributed by atoms with E-state index in [4.69, 9.17) is 0 Å². The summed E-state index contributed by atoms with van der Waals surface area (Å²) >= 11 is 0. The highest BCUT2D eigenvalue weighted by Crippen LogP contribution is 2.40. The predicted octanol–water partition coefficient (Wildman–Crippen LogP) is 3.00. The molecule has 0 bridgehead atoms. The van der Waals surface area contributed by atoms with Gasteiger partial charge >= 0.3 is 0 Å². The van der Waals surface area contributed by atoms with Gasteiger partial charge in [-0.1, -0.05) is 39.0 Å². The summed E-state index contributed by atoms with van der Waals surface area (Å²) in [4.78, 5) is 11.9. The molecule has 0 aliphatic heterocycles. The van der Waals surface area contributed by atoms with Crippen molar-refractivity contribution in [1.29, 1.82) is 0 Å². The van der Waals surface area contributed by atoms with Gasteiger partial charge in [-0.05, 0) is 37.5 Å². The van der Waals surface area contributed by atoms with Gasteiger partial charge < -0.3 is 10.6 Å². The molecule has 0 unspecified atom stereocenters. The van der Waals surface area contributed by atoms with Gasteiger partial charge in [-0.15, -0.1) is 0 Å². The minimum absolute atomic E-state index is 0.191. The van der Waals surface area contributed by atoms with Gasteiger partial charge in [-0.2, -0.15) is 0 Å². The number of carbonyl (C=O) groups excluding carboxylic acids is 1. The topological polar surface area (TPSA) is 41.1 Å². The van der Waals surface area contributed by atoms with Crippen molar-refractivity contribution in [3.8, 4) is 0 Å². The van der Waals surface area contributed by atoms with E-state index in [-0.39, 0.29) is 5.91 Å². The summed E-state index contributed by atoms with van der Waals surface area (Å²) in [6.07, 6.45) is 12.9. The first-order valence-corrected chi connectivity index (χ1v) is 8.24. The van der Waals surface area contributed by atoms with Crippen LogP contribution in [0.15, 0.2) is 0 Å². The molecule has 0 radical (unpaired) electrons. The molecular weight excluding hydrogens is 236 g/mol. The lowest BCUT2D eigenvalue weighted by atomic mass is 9.83. The lowest BCUT2D eigenvalue weighted by molar-refractivity contribution is -0.121. The van der Waals surface area contributed by atoms with Gasteiger partial charge in [-0.25, -0.2) is 0 Å². The molecule has 3 heteroatoms. The highest BCUT2D eigenvalue weighted by Gasteiger charge is 2.31. The Labute approximate surface area is 117 Å². The molecule has 2 rings (SSSR count). The van der Waals surface area contributed by atoms with Crippen LogP contribution in [-0.2, 0) is 4.79 Å². The number of carbonyl (C=O) groups is 1. The second-order valence-corrected chi connectivity index (χ2v) is 6.57. The normalized spacial score (nSPS) is 23.4. The van der Waals surface area contributed by atoms with Crippen LogP contribution in [0.1, 0.15) is 71.1 Å². The first-order valence-electron chi connectivity index (χ1n) is 8.24. The van der Waals surface area contributed by atoms with Gasteiger partial charge in [0.25, 0.3) is 0 Å². The van der Waals surface area contributed by atoms with Crippen LogP contribution >= 0.6 is 0 Å². The van der Waals surface area contributed by atoms with Crippen LogP contribution in [0.2, 0.25) is 0 Å². The second kappa shape index (κ2) is 7.28. The average molecular weight is 266 g/mol. The summed E-state index contributed by atoms with van der Waals surface area (Å²) in [6.45, 7) is 3.80. The summed E-state index contributed by atoms with van der Waals surface area (Å²) < 4.78 is 0. The van der Waals surface area contributed by atoms with Crippen LogP contribution in [-0.4, -0.2) is 25.0 Å². The molecule has 2 fully saturated rings. The van der Waals surface area contributed by atoms with Crippen molar-refractivity contribution >= 4 is 5.91 Å². The molecule has 0 aromatic carbocycles. The van der Waals surface area contributed by atoms with E-state index in [1.807, 2.05) is 0 Å². The summed E-state index contributed by atoms with van der Waals surface area (Å²) in [6, 6.07) is 0.440. The summed E-state index contributed by atoms with van der Waals surface area (Å²) in [5.41, 5.74) is 0.477. The molecule has 0 spiro atoms. The lowest BCUT2D eigenvalue weighted by Crippen LogP contribution is -2.43. The number of nitrogens with one attached hydrogen (secondary N) is 2. The van der Waals surface area contributed by atoms with E-state index in [2.05, 4.69) is 17.6 Å². The van der Waals surface area contributed by atoms with E-state index >= 15 is 0 Å². The van der Waals surface area contributed by atoms with Crippen LogP contribution in [0.25, 0.3) is 0 Å². The van der Waals surface area contributed by atoms with Gasteiger partial charge in [0.2, 0.25) is 5.91 Å². The Bertz CT molecular complexity index is 278. The fraction of sp³-hybridized carbons (Fsp3) is 0.938. The Hall–Kier alpha value is -0.570. The second-order valence-electron chi connectivity index (χ2n) is 6.57. The Morgan fingerprint density at radius 2 is 1.79 bits per heavy atom. The fourth-order valence-electron chi connectivity index (χ4n) is 3.75. The third kappa shape index (κ3) is 4.48. The van der Waals surface area contributed by atoms with E-state index in [9.17, 15) is 4.79 Å². The van der Waals surface area contributed by atoms with Gasteiger partial charge in [0.05, 0.1) is 6.54 Å². The minimum Gasteiger partial charge on any atom is -0.352 e. The summed E-state index contributed by atoms with van der Waals surface area (Å²) in [7, 11) is 0. The van der Waals surface area contributed by atoms with Crippen molar-refractivity contribution in [3.05, 3.63) is 0 Å². The smallest absolute Gasteiger partial charge is 0.234 e. The largest absolute Gasteiger partial charge is 0.352 e. The van der Waals surface area contributed by atoms with E-state index in [1.54, 1.807) is 0 Å². The average Bonchev–Trinajstić information content (AvgIpc) is 2.89. The minimum atomic E-state index is 0.191. The Kier molecular flexibility index (Phi) is 5.68. The molecule has 2 N–H and O–H groups in total. The van der Waals surface area contributed by atoms with E-state index in [1.165, 1.54) is 64.2 Å². The van der Waals surface area contributed by atoms with Crippen LogP contribution in [0.5, 0.6) is 0 Å². The third-order valence-electron chi connectivity index (χ3n) is 5.17. The predicted molar refractivity (Wildman–Crippen MR) is 79.1 cm³/mol. The van der Waals surface area contributed by atoms with Crippen molar-refractivity contribution in [3.63, 3.8) is 0 Å². The molecule has 0 heterocycles. The molecular formula is C16H30N2O. The maximum Gasteiger partial charge on any atom is 0.234 e. The summed E-state index contributed by atoms with van der Waals surface area (Å²) in [5, 5.41) is 6.57. The Balaban J connectivity index is 1.63. The fourth-order valence-corrected chi connectivity index (χ4v) is 3.75. The Morgan fingerprint density at radius 3 is 2.42 bits per heavy atom. The van der Waals surface area contributed by atoms with Gasteiger partial charge in [0.1, 0.15) is 0 Å². The SMILES string of the molecule is CCC1(CNCC(=O)NC2CCCCC2)CCCC1.